The number of hydrogen-bond donors (Lipinski definition) is 2. The van der Waals surface area contributed by atoms with Crippen molar-refractivity contribution < 1.29 is 13.9 Å². The van der Waals surface area contributed by atoms with Crippen molar-refractivity contribution in [3.05, 3.63) is 29.3 Å². The first-order chi connectivity index (χ1) is 6.56. The second kappa shape index (κ2) is 4.37. The molecule has 3 N–H and O–H groups in total. The molecule has 1 aromatic rings. The highest BCUT2D eigenvalue weighted by Crippen LogP contribution is 2.29. The van der Waals surface area contributed by atoms with Crippen molar-refractivity contribution in [2.24, 2.45) is 5.73 Å². The minimum Gasteiger partial charge on any atom is -0.507 e. The molecule has 0 aliphatic carbocycles. The fourth-order valence-corrected chi connectivity index (χ4v) is 1.39. The van der Waals surface area contributed by atoms with Crippen molar-refractivity contribution in [2.75, 3.05) is 0 Å². The largest absolute Gasteiger partial charge is 0.507 e. The van der Waals surface area contributed by atoms with Crippen LogP contribution in [0.25, 0.3) is 0 Å². The maximum atomic E-state index is 13.2. The van der Waals surface area contributed by atoms with Gasteiger partial charge in [0, 0.05) is 23.7 Å². The van der Waals surface area contributed by atoms with Crippen LogP contribution in [0.15, 0.2) is 12.1 Å². The first kappa shape index (κ1) is 10.9. The number of benzene rings is 1. The molecular formula is C10H13F2NO. The van der Waals surface area contributed by atoms with E-state index in [2.05, 4.69) is 0 Å². The molecule has 0 aliphatic rings. The summed E-state index contributed by atoms with van der Waals surface area (Å²) in [6, 6.07) is 1.01. The minimum absolute atomic E-state index is 0.00625. The Bertz CT molecular complexity index is 305. The molecule has 0 bridgehead atoms. The van der Waals surface area contributed by atoms with E-state index >= 15 is 0 Å². The number of phenolic OH excluding ortho intramolecular Hbond substituents is 1. The Kier molecular flexibility index (Phi) is 3.41. The van der Waals surface area contributed by atoms with E-state index in [0.29, 0.717) is 6.42 Å². The van der Waals surface area contributed by atoms with Gasteiger partial charge >= 0.3 is 0 Å². The molecule has 0 amide bonds. The van der Waals surface area contributed by atoms with Crippen molar-refractivity contribution in [1.29, 1.82) is 0 Å². The summed E-state index contributed by atoms with van der Waals surface area (Å²) in [7, 11) is 0. The first-order valence-electron chi connectivity index (χ1n) is 4.49. The lowest BCUT2D eigenvalue weighted by Crippen LogP contribution is -2.12. The lowest BCUT2D eigenvalue weighted by atomic mass is 10.0. The van der Waals surface area contributed by atoms with Crippen LogP contribution >= 0.6 is 0 Å². The molecule has 1 atom stereocenters. The molecule has 0 unspecified atom stereocenters. The van der Waals surface area contributed by atoms with Crippen molar-refractivity contribution in [1.82, 2.24) is 0 Å². The van der Waals surface area contributed by atoms with Crippen LogP contribution in [0.2, 0.25) is 0 Å². The number of halogens is 2. The molecule has 2 nitrogen and oxygen atoms in total. The van der Waals surface area contributed by atoms with Crippen LogP contribution in [0.1, 0.15) is 31.4 Å². The van der Waals surface area contributed by atoms with E-state index in [4.69, 9.17) is 5.73 Å². The molecule has 1 rings (SSSR count). The highest BCUT2D eigenvalue weighted by molar-refractivity contribution is 5.36. The fourth-order valence-electron chi connectivity index (χ4n) is 1.39. The third kappa shape index (κ3) is 2.20. The number of rotatable bonds is 3. The van der Waals surface area contributed by atoms with E-state index in [-0.39, 0.29) is 5.56 Å². The maximum absolute atomic E-state index is 13.2. The van der Waals surface area contributed by atoms with E-state index in [0.717, 1.165) is 18.6 Å². The van der Waals surface area contributed by atoms with Crippen LogP contribution < -0.4 is 5.73 Å². The number of aromatic hydroxyl groups is 1. The molecule has 0 saturated carbocycles. The van der Waals surface area contributed by atoms with Crippen molar-refractivity contribution in [3.63, 3.8) is 0 Å². The smallest absolute Gasteiger partial charge is 0.134 e. The molecule has 0 saturated heterocycles. The van der Waals surface area contributed by atoms with Crippen molar-refractivity contribution in [3.8, 4) is 5.75 Å². The predicted molar refractivity (Wildman–Crippen MR) is 49.9 cm³/mol. The quantitative estimate of drug-likeness (QED) is 0.789. The van der Waals surface area contributed by atoms with E-state index in [9.17, 15) is 13.9 Å². The van der Waals surface area contributed by atoms with Gasteiger partial charge in [-0.25, -0.2) is 8.78 Å². The Morgan fingerprint density at radius 2 is 2.07 bits per heavy atom. The Labute approximate surface area is 81.4 Å². The van der Waals surface area contributed by atoms with E-state index < -0.39 is 23.4 Å². The normalized spacial score (nSPS) is 12.9. The van der Waals surface area contributed by atoms with Crippen LogP contribution in [0.5, 0.6) is 5.75 Å². The summed E-state index contributed by atoms with van der Waals surface area (Å²) in [5, 5.41) is 9.31. The van der Waals surface area contributed by atoms with Crippen LogP contribution in [-0.2, 0) is 0 Å². The monoisotopic (exact) mass is 201 g/mol. The standard InChI is InChI=1S/C10H13F2NO/c1-2-3-8(13)10-7(12)4-6(11)5-9(10)14/h4-5,8,14H,2-3,13H2,1H3/t8-/m1/s1. The molecule has 0 aliphatic heterocycles. The minimum atomic E-state index is -0.799. The maximum Gasteiger partial charge on any atom is 0.134 e. The van der Waals surface area contributed by atoms with Gasteiger partial charge in [0.15, 0.2) is 0 Å². The Balaban J connectivity index is 3.07. The SMILES string of the molecule is CCC[C@@H](N)c1c(O)cc(F)cc1F. The van der Waals surface area contributed by atoms with Gasteiger partial charge in [-0.1, -0.05) is 13.3 Å². The first-order valence-corrected chi connectivity index (χ1v) is 4.49. The van der Waals surface area contributed by atoms with Crippen molar-refractivity contribution in [2.45, 2.75) is 25.8 Å². The highest BCUT2D eigenvalue weighted by Gasteiger charge is 2.16. The summed E-state index contributed by atoms with van der Waals surface area (Å²) < 4.78 is 25.8. The fraction of sp³-hybridized carbons (Fsp3) is 0.400. The lowest BCUT2D eigenvalue weighted by Gasteiger charge is -2.13. The van der Waals surface area contributed by atoms with E-state index in [1.54, 1.807) is 0 Å². The number of hydrogen-bond acceptors (Lipinski definition) is 2. The van der Waals surface area contributed by atoms with Gasteiger partial charge in [0.25, 0.3) is 0 Å². The summed E-state index contributed by atoms with van der Waals surface area (Å²) in [5.74, 6) is -2.00. The molecular weight excluding hydrogens is 188 g/mol. The van der Waals surface area contributed by atoms with Crippen LogP contribution in [0.4, 0.5) is 8.78 Å². The summed E-state index contributed by atoms with van der Waals surface area (Å²) in [5.41, 5.74) is 5.63. The topological polar surface area (TPSA) is 46.2 Å². The summed E-state index contributed by atoms with van der Waals surface area (Å²) in [6.45, 7) is 1.90. The molecule has 1 aromatic carbocycles. The average molecular weight is 201 g/mol. The Morgan fingerprint density at radius 1 is 1.43 bits per heavy atom. The average Bonchev–Trinajstić information content (AvgIpc) is 2.01. The molecule has 4 heteroatoms. The number of phenols is 1. The second-order valence-electron chi connectivity index (χ2n) is 3.22. The summed E-state index contributed by atoms with van der Waals surface area (Å²) >= 11 is 0. The molecule has 78 valence electrons. The molecule has 14 heavy (non-hydrogen) atoms. The lowest BCUT2D eigenvalue weighted by molar-refractivity contribution is 0.436. The van der Waals surface area contributed by atoms with Gasteiger partial charge in [0.2, 0.25) is 0 Å². The third-order valence-corrected chi connectivity index (χ3v) is 2.04. The van der Waals surface area contributed by atoms with E-state index in [1.807, 2.05) is 6.92 Å². The zero-order valence-electron chi connectivity index (χ0n) is 7.93. The summed E-state index contributed by atoms with van der Waals surface area (Å²) in [6.07, 6.45) is 1.33. The Morgan fingerprint density at radius 3 is 2.57 bits per heavy atom. The highest BCUT2D eigenvalue weighted by atomic mass is 19.1. The van der Waals surface area contributed by atoms with Gasteiger partial charge in [-0.3, -0.25) is 0 Å². The van der Waals surface area contributed by atoms with E-state index in [1.165, 1.54) is 0 Å². The zero-order valence-corrected chi connectivity index (χ0v) is 7.93. The van der Waals surface area contributed by atoms with Gasteiger partial charge in [-0.15, -0.1) is 0 Å². The molecule has 0 aromatic heterocycles. The van der Waals surface area contributed by atoms with Gasteiger partial charge in [0.05, 0.1) is 0 Å². The van der Waals surface area contributed by atoms with Gasteiger partial charge < -0.3 is 10.8 Å². The van der Waals surface area contributed by atoms with Crippen LogP contribution in [0.3, 0.4) is 0 Å². The third-order valence-electron chi connectivity index (χ3n) is 2.04. The summed E-state index contributed by atoms with van der Waals surface area (Å²) in [4.78, 5) is 0. The molecule has 0 radical (unpaired) electrons. The van der Waals surface area contributed by atoms with Gasteiger partial charge in [-0.2, -0.15) is 0 Å². The molecule has 0 spiro atoms. The van der Waals surface area contributed by atoms with Crippen LogP contribution in [-0.4, -0.2) is 5.11 Å². The van der Waals surface area contributed by atoms with Crippen LogP contribution in [0, 0.1) is 11.6 Å². The Hall–Kier alpha value is -1.16. The second-order valence-corrected chi connectivity index (χ2v) is 3.22. The van der Waals surface area contributed by atoms with Gasteiger partial charge in [0.1, 0.15) is 17.4 Å². The van der Waals surface area contributed by atoms with Gasteiger partial charge in [-0.05, 0) is 6.42 Å². The van der Waals surface area contributed by atoms with Crippen molar-refractivity contribution >= 4 is 0 Å². The predicted octanol–water partition coefficient (Wildman–Crippen LogP) is 2.47. The molecule has 0 fully saturated rings. The zero-order chi connectivity index (χ0) is 10.7. The molecule has 0 heterocycles. The number of nitrogens with two attached hydrogens (primary N) is 1.